The fraction of sp³-hybridized carbons (Fsp3) is 0.409. The van der Waals surface area contributed by atoms with Gasteiger partial charge in [-0.3, -0.25) is 4.79 Å². The predicted octanol–water partition coefficient (Wildman–Crippen LogP) is 3.77. The number of hydrogen-bond donors (Lipinski definition) is 1. The molecule has 0 aliphatic heterocycles. The normalized spacial score (nSPS) is 15.7. The van der Waals surface area contributed by atoms with Crippen LogP contribution >= 0.6 is 11.6 Å². The minimum Gasteiger partial charge on any atom is -0.491 e. The number of sulfone groups is 1. The summed E-state index contributed by atoms with van der Waals surface area (Å²) in [6, 6.07) is 13.3. The smallest absolute Gasteiger partial charge is 0.242 e. The maximum Gasteiger partial charge on any atom is 0.242 e. The first-order valence-corrected chi connectivity index (χ1v) is 11.7. The van der Waals surface area contributed by atoms with Gasteiger partial charge in [-0.05, 0) is 54.8 Å². The molecule has 0 radical (unpaired) electrons. The Kier molecular flexibility index (Phi) is 7.39. The highest BCUT2D eigenvalue weighted by atomic mass is 35.5. The molecule has 6 nitrogen and oxygen atoms in total. The van der Waals surface area contributed by atoms with Crippen LogP contribution in [0, 0.1) is 0 Å². The molecule has 1 aliphatic carbocycles. The van der Waals surface area contributed by atoms with Gasteiger partial charge in [-0.25, -0.2) is 8.42 Å². The van der Waals surface area contributed by atoms with E-state index in [1.807, 2.05) is 24.3 Å². The molecule has 3 rings (SSSR count). The number of amides is 1. The van der Waals surface area contributed by atoms with E-state index in [1.54, 1.807) is 7.11 Å². The molecule has 30 heavy (non-hydrogen) atoms. The van der Waals surface area contributed by atoms with Gasteiger partial charge in [0.2, 0.25) is 5.91 Å². The zero-order valence-corrected chi connectivity index (χ0v) is 18.5. The van der Waals surface area contributed by atoms with Crippen LogP contribution in [0.3, 0.4) is 0 Å². The number of carbonyl (C=O) groups excluding carboxylic acids is 1. The van der Waals surface area contributed by atoms with Gasteiger partial charge in [-0.2, -0.15) is 0 Å². The molecule has 1 N–H and O–H groups in total. The van der Waals surface area contributed by atoms with Crippen LogP contribution in [0.1, 0.15) is 31.2 Å². The van der Waals surface area contributed by atoms with Crippen LogP contribution in [0.5, 0.6) is 5.75 Å². The van der Waals surface area contributed by atoms with Gasteiger partial charge >= 0.3 is 0 Å². The first-order chi connectivity index (χ1) is 14.4. The highest BCUT2D eigenvalue weighted by molar-refractivity contribution is 7.93. The van der Waals surface area contributed by atoms with Gasteiger partial charge in [-0.1, -0.05) is 36.6 Å². The lowest BCUT2D eigenvalue weighted by molar-refractivity contribution is -0.123. The summed E-state index contributed by atoms with van der Waals surface area (Å²) >= 11 is 5.89. The summed E-state index contributed by atoms with van der Waals surface area (Å²) in [6.45, 7) is 1.20. The Bertz CT molecular complexity index is 952. The summed E-state index contributed by atoms with van der Waals surface area (Å²) in [5, 5.41) is 3.29. The molecule has 1 aliphatic rings. The number of halogens is 1. The number of ether oxygens (including phenoxy) is 2. The molecule has 0 unspecified atom stereocenters. The van der Waals surface area contributed by atoms with E-state index in [-0.39, 0.29) is 11.4 Å². The molecule has 1 saturated carbocycles. The van der Waals surface area contributed by atoms with Gasteiger partial charge in [0.25, 0.3) is 0 Å². The number of hydrogen-bond acceptors (Lipinski definition) is 5. The minimum absolute atomic E-state index is 0.126. The lowest BCUT2D eigenvalue weighted by atomic mass is 10.1. The van der Waals surface area contributed by atoms with Crippen molar-refractivity contribution in [3.05, 3.63) is 59.1 Å². The average Bonchev–Trinajstić information content (AvgIpc) is 3.25. The monoisotopic (exact) mass is 451 g/mol. The number of carbonyl (C=O) groups is 1. The number of methoxy groups -OCH3 is 1. The fourth-order valence-electron chi connectivity index (χ4n) is 3.69. The Morgan fingerprint density at radius 3 is 2.27 bits per heavy atom. The van der Waals surface area contributed by atoms with Gasteiger partial charge in [0, 0.05) is 18.7 Å². The Labute approximate surface area is 182 Å². The molecule has 8 heteroatoms. The quantitative estimate of drug-likeness (QED) is 0.587. The van der Waals surface area contributed by atoms with Crippen LogP contribution in [0.4, 0.5) is 0 Å². The van der Waals surface area contributed by atoms with Crippen molar-refractivity contribution in [1.29, 1.82) is 0 Å². The summed E-state index contributed by atoms with van der Waals surface area (Å²) in [5.41, 5.74) is 0.861. The van der Waals surface area contributed by atoms with Crippen LogP contribution in [0.2, 0.25) is 5.02 Å². The van der Waals surface area contributed by atoms with Crippen molar-refractivity contribution in [3.63, 3.8) is 0 Å². The highest BCUT2D eigenvalue weighted by Gasteiger charge is 2.52. The zero-order chi connectivity index (χ0) is 21.6. The lowest BCUT2D eigenvalue weighted by Gasteiger charge is -2.27. The van der Waals surface area contributed by atoms with Crippen molar-refractivity contribution in [2.24, 2.45) is 0 Å². The Balaban J connectivity index is 1.71. The molecule has 0 bridgehead atoms. The highest BCUT2D eigenvalue weighted by Crippen LogP contribution is 2.41. The van der Waals surface area contributed by atoms with Crippen LogP contribution in [0.25, 0.3) is 0 Å². The van der Waals surface area contributed by atoms with Crippen LogP contribution < -0.4 is 10.1 Å². The van der Waals surface area contributed by atoms with E-state index in [0.29, 0.717) is 49.7 Å². The molecule has 1 fully saturated rings. The van der Waals surface area contributed by atoms with Crippen molar-refractivity contribution in [2.75, 3.05) is 20.3 Å². The summed E-state index contributed by atoms with van der Waals surface area (Å²) in [6.07, 6.45) is 2.04. The summed E-state index contributed by atoms with van der Waals surface area (Å²) < 4.78 is 35.8. The standard InChI is InChI=1S/C22H26ClNO5S/c1-28-14-15-29-19-8-4-17(5-9-19)16-24-21(25)22(12-2-3-13-22)30(26,27)20-10-6-18(23)7-11-20/h4-11H,2-3,12-16H2,1H3,(H,24,25). The van der Waals surface area contributed by atoms with Crippen molar-refractivity contribution < 1.29 is 22.7 Å². The van der Waals surface area contributed by atoms with Gasteiger partial charge in [0.05, 0.1) is 11.5 Å². The van der Waals surface area contributed by atoms with E-state index in [0.717, 1.165) is 5.56 Å². The second-order valence-corrected chi connectivity index (χ2v) is 10.0. The largest absolute Gasteiger partial charge is 0.491 e. The summed E-state index contributed by atoms with van der Waals surface area (Å²) in [5.74, 6) is 0.259. The topological polar surface area (TPSA) is 81.7 Å². The van der Waals surface area contributed by atoms with E-state index in [4.69, 9.17) is 21.1 Å². The van der Waals surface area contributed by atoms with Gasteiger partial charge in [0.15, 0.2) is 14.6 Å². The van der Waals surface area contributed by atoms with Crippen molar-refractivity contribution >= 4 is 27.3 Å². The average molecular weight is 452 g/mol. The number of benzene rings is 2. The van der Waals surface area contributed by atoms with E-state index >= 15 is 0 Å². The lowest BCUT2D eigenvalue weighted by Crippen LogP contribution is -2.50. The van der Waals surface area contributed by atoms with Crippen LogP contribution in [-0.4, -0.2) is 39.4 Å². The molecule has 1 amide bonds. The third-order valence-corrected chi connectivity index (χ3v) is 8.16. The molecule has 0 spiro atoms. The Hall–Kier alpha value is -2.09. The fourth-order valence-corrected chi connectivity index (χ4v) is 5.91. The van der Waals surface area contributed by atoms with Gasteiger partial charge in [-0.15, -0.1) is 0 Å². The van der Waals surface area contributed by atoms with E-state index < -0.39 is 20.5 Å². The maximum atomic E-state index is 13.4. The van der Waals surface area contributed by atoms with Gasteiger partial charge < -0.3 is 14.8 Å². The maximum absolute atomic E-state index is 13.4. The third kappa shape index (κ3) is 4.79. The van der Waals surface area contributed by atoms with E-state index in [1.165, 1.54) is 24.3 Å². The van der Waals surface area contributed by atoms with Crippen molar-refractivity contribution in [1.82, 2.24) is 5.32 Å². The van der Waals surface area contributed by atoms with E-state index in [9.17, 15) is 13.2 Å². The van der Waals surface area contributed by atoms with Crippen molar-refractivity contribution in [2.45, 2.75) is 41.9 Å². The summed E-state index contributed by atoms with van der Waals surface area (Å²) in [7, 11) is -2.23. The molecular weight excluding hydrogens is 426 g/mol. The molecule has 162 valence electrons. The molecule has 0 heterocycles. The number of nitrogens with one attached hydrogen (secondary N) is 1. The first-order valence-electron chi connectivity index (χ1n) is 9.88. The molecule has 2 aromatic carbocycles. The van der Waals surface area contributed by atoms with Gasteiger partial charge in [0.1, 0.15) is 12.4 Å². The molecule has 0 saturated heterocycles. The second-order valence-electron chi connectivity index (χ2n) is 7.33. The van der Waals surface area contributed by atoms with Crippen molar-refractivity contribution in [3.8, 4) is 5.75 Å². The predicted molar refractivity (Wildman–Crippen MR) is 115 cm³/mol. The first kappa shape index (κ1) is 22.6. The summed E-state index contributed by atoms with van der Waals surface area (Å²) in [4.78, 5) is 13.2. The van der Waals surface area contributed by atoms with Crippen LogP contribution in [0.15, 0.2) is 53.4 Å². The van der Waals surface area contributed by atoms with Crippen LogP contribution in [-0.2, 0) is 25.9 Å². The second kappa shape index (κ2) is 9.81. The van der Waals surface area contributed by atoms with E-state index in [2.05, 4.69) is 5.32 Å². The molecule has 0 atom stereocenters. The third-order valence-electron chi connectivity index (χ3n) is 5.40. The zero-order valence-electron chi connectivity index (χ0n) is 16.9. The molecule has 2 aromatic rings. The number of rotatable bonds is 9. The molecule has 0 aromatic heterocycles. The Morgan fingerprint density at radius 2 is 1.67 bits per heavy atom. The SMILES string of the molecule is COCCOc1ccc(CNC(=O)C2(S(=O)(=O)c3ccc(Cl)cc3)CCCC2)cc1. The minimum atomic E-state index is -3.84. The Morgan fingerprint density at radius 1 is 1.03 bits per heavy atom. The molecular formula is C22H26ClNO5S.